The normalized spacial score (nSPS) is 10.3. The molecule has 1 heterocycles. The predicted molar refractivity (Wildman–Crippen MR) is 73.0 cm³/mol. The van der Waals surface area contributed by atoms with Gasteiger partial charge in [-0.15, -0.1) is 0 Å². The highest BCUT2D eigenvalue weighted by Gasteiger charge is 2.02. The highest BCUT2D eigenvalue weighted by Crippen LogP contribution is 2.05. The first-order valence-corrected chi connectivity index (χ1v) is 6.17. The van der Waals surface area contributed by atoms with Crippen molar-refractivity contribution in [1.29, 1.82) is 0 Å². The summed E-state index contributed by atoms with van der Waals surface area (Å²) in [4.78, 5) is 14.9. The van der Waals surface area contributed by atoms with Crippen LogP contribution in [0.3, 0.4) is 0 Å². The second kappa shape index (κ2) is 6.66. The molecule has 0 atom stereocenters. The molecule has 0 fully saturated rings. The number of pyridine rings is 1. The summed E-state index contributed by atoms with van der Waals surface area (Å²) in [6.45, 7) is 1.50. The zero-order valence-corrected chi connectivity index (χ0v) is 10.5. The standard InChI is InChI=1S/C15H16N2O2/c18-15(19)14-5-1-3-13(9-14)11-17-8-6-12-4-2-7-16-10-12/h1-5,7,9-10,17H,6,8,11H2,(H,18,19). The van der Waals surface area contributed by atoms with E-state index in [1.807, 2.05) is 24.4 Å². The van der Waals surface area contributed by atoms with E-state index in [-0.39, 0.29) is 0 Å². The van der Waals surface area contributed by atoms with Gasteiger partial charge in [-0.05, 0) is 42.3 Å². The van der Waals surface area contributed by atoms with Crippen LogP contribution in [0, 0.1) is 0 Å². The molecule has 0 aliphatic carbocycles. The molecule has 19 heavy (non-hydrogen) atoms. The maximum Gasteiger partial charge on any atom is 0.335 e. The quantitative estimate of drug-likeness (QED) is 0.777. The summed E-state index contributed by atoms with van der Waals surface area (Å²) in [5, 5.41) is 12.2. The molecule has 4 heteroatoms. The molecule has 0 spiro atoms. The Hall–Kier alpha value is -2.20. The molecule has 0 aliphatic heterocycles. The second-order valence-electron chi connectivity index (χ2n) is 4.29. The Bertz CT molecular complexity index is 541. The van der Waals surface area contributed by atoms with E-state index in [9.17, 15) is 4.79 Å². The van der Waals surface area contributed by atoms with Gasteiger partial charge in [0.05, 0.1) is 5.56 Å². The molecule has 0 saturated heterocycles. The number of aromatic nitrogens is 1. The SMILES string of the molecule is O=C(O)c1cccc(CNCCc2cccnc2)c1. The number of benzene rings is 1. The van der Waals surface area contributed by atoms with E-state index in [1.165, 1.54) is 5.56 Å². The average molecular weight is 256 g/mol. The van der Waals surface area contributed by atoms with E-state index >= 15 is 0 Å². The zero-order chi connectivity index (χ0) is 13.5. The lowest BCUT2D eigenvalue weighted by molar-refractivity contribution is 0.0696. The largest absolute Gasteiger partial charge is 0.478 e. The van der Waals surface area contributed by atoms with Gasteiger partial charge < -0.3 is 10.4 Å². The number of rotatable bonds is 6. The Morgan fingerprint density at radius 1 is 1.21 bits per heavy atom. The Labute approximate surface area is 112 Å². The van der Waals surface area contributed by atoms with Gasteiger partial charge in [0.2, 0.25) is 0 Å². The molecule has 1 aromatic heterocycles. The maximum atomic E-state index is 10.8. The van der Waals surface area contributed by atoms with E-state index < -0.39 is 5.97 Å². The molecule has 2 N–H and O–H groups in total. The topological polar surface area (TPSA) is 62.2 Å². The van der Waals surface area contributed by atoms with Crippen LogP contribution in [0.4, 0.5) is 0 Å². The van der Waals surface area contributed by atoms with Crippen LogP contribution in [0.1, 0.15) is 21.5 Å². The molecule has 4 nitrogen and oxygen atoms in total. The minimum Gasteiger partial charge on any atom is -0.478 e. The van der Waals surface area contributed by atoms with Crippen LogP contribution in [-0.2, 0) is 13.0 Å². The van der Waals surface area contributed by atoms with E-state index in [1.54, 1.807) is 24.4 Å². The van der Waals surface area contributed by atoms with Crippen molar-refractivity contribution in [3.05, 3.63) is 65.5 Å². The number of nitrogens with one attached hydrogen (secondary N) is 1. The highest BCUT2D eigenvalue weighted by atomic mass is 16.4. The van der Waals surface area contributed by atoms with Gasteiger partial charge in [0.1, 0.15) is 0 Å². The predicted octanol–water partition coefficient (Wildman–Crippen LogP) is 2.11. The molecule has 2 aromatic rings. The number of carboxylic acids is 1. The van der Waals surface area contributed by atoms with Gasteiger partial charge in [-0.1, -0.05) is 18.2 Å². The van der Waals surface area contributed by atoms with Crippen molar-refractivity contribution < 1.29 is 9.90 Å². The molecule has 0 saturated carbocycles. The number of nitrogens with zero attached hydrogens (tertiary/aromatic N) is 1. The molecule has 98 valence electrons. The third kappa shape index (κ3) is 4.19. The van der Waals surface area contributed by atoms with Crippen LogP contribution in [0.15, 0.2) is 48.8 Å². The highest BCUT2D eigenvalue weighted by molar-refractivity contribution is 5.87. The van der Waals surface area contributed by atoms with Crippen LogP contribution < -0.4 is 5.32 Å². The lowest BCUT2D eigenvalue weighted by Gasteiger charge is -2.05. The molecule has 1 aromatic carbocycles. The van der Waals surface area contributed by atoms with Gasteiger partial charge in [-0.25, -0.2) is 4.79 Å². The molecule has 0 bridgehead atoms. The number of carbonyl (C=O) groups is 1. The lowest BCUT2D eigenvalue weighted by Crippen LogP contribution is -2.17. The number of hydrogen-bond donors (Lipinski definition) is 2. The minimum atomic E-state index is -0.891. The summed E-state index contributed by atoms with van der Waals surface area (Å²) >= 11 is 0. The maximum absolute atomic E-state index is 10.8. The fraction of sp³-hybridized carbons (Fsp3) is 0.200. The molecular formula is C15H16N2O2. The average Bonchev–Trinajstić information content (AvgIpc) is 2.45. The third-order valence-electron chi connectivity index (χ3n) is 2.82. The molecule has 0 radical (unpaired) electrons. The Balaban J connectivity index is 1.80. The van der Waals surface area contributed by atoms with Crippen molar-refractivity contribution in [2.45, 2.75) is 13.0 Å². The fourth-order valence-corrected chi connectivity index (χ4v) is 1.83. The van der Waals surface area contributed by atoms with Crippen LogP contribution in [-0.4, -0.2) is 22.6 Å². The van der Waals surface area contributed by atoms with Gasteiger partial charge in [0.25, 0.3) is 0 Å². The number of aromatic carboxylic acids is 1. The molecule has 0 amide bonds. The Morgan fingerprint density at radius 2 is 2.05 bits per heavy atom. The Kier molecular flexibility index (Phi) is 4.64. The first kappa shape index (κ1) is 13.2. The van der Waals surface area contributed by atoms with E-state index in [0.717, 1.165) is 18.5 Å². The van der Waals surface area contributed by atoms with Crippen LogP contribution in [0.25, 0.3) is 0 Å². The van der Waals surface area contributed by atoms with Gasteiger partial charge in [-0.2, -0.15) is 0 Å². The lowest BCUT2D eigenvalue weighted by atomic mass is 10.1. The van der Waals surface area contributed by atoms with Crippen molar-refractivity contribution in [3.8, 4) is 0 Å². The van der Waals surface area contributed by atoms with Crippen LogP contribution in [0.5, 0.6) is 0 Å². The monoisotopic (exact) mass is 256 g/mol. The van der Waals surface area contributed by atoms with Gasteiger partial charge in [-0.3, -0.25) is 4.98 Å². The molecule has 0 unspecified atom stereocenters. The van der Waals surface area contributed by atoms with E-state index in [4.69, 9.17) is 5.11 Å². The summed E-state index contributed by atoms with van der Waals surface area (Å²) in [5.41, 5.74) is 2.49. The first-order chi connectivity index (χ1) is 9.25. The van der Waals surface area contributed by atoms with Crippen molar-refractivity contribution in [2.24, 2.45) is 0 Å². The van der Waals surface area contributed by atoms with Crippen molar-refractivity contribution in [1.82, 2.24) is 10.3 Å². The van der Waals surface area contributed by atoms with Crippen LogP contribution >= 0.6 is 0 Å². The zero-order valence-electron chi connectivity index (χ0n) is 10.5. The van der Waals surface area contributed by atoms with Gasteiger partial charge in [0.15, 0.2) is 0 Å². The molecule has 0 aliphatic rings. The van der Waals surface area contributed by atoms with Crippen molar-refractivity contribution in [2.75, 3.05) is 6.54 Å². The van der Waals surface area contributed by atoms with Crippen molar-refractivity contribution in [3.63, 3.8) is 0 Å². The summed E-state index contributed by atoms with van der Waals surface area (Å²) in [5.74, 6) is -0.891. The summed E-state index contributed by atoms with van der Waals surface area (Å²) in [6.07, 6.45) is 4.52. The van der Waals surface area contributed by atoms with Gasteiger partial charge in [0, 0.05) is 18.9 Å². The number of carboxylic acid groups (broad SMARTS) is 1. The molecular weight excluding hydrogens is 240 g/mol. The van der Waals surface area contributed by atoms with E-state index in [0.29, 0.717) is 12.1 Å². The summed E-state index contributed by atoms with van der Waals surface area (Å²) < 4.78 is 0. The minimum absolute atomic E-state index is 0.326. The summed E-state index contributed by atoms with van der Waals surface area (Å²) in [7, 11) is 0. The number of hydrogen-bond acceptors (Lipinski definition) is 3. The van der Waals surface area contributed by atoms with Crippen LogP contribution in [0.2, 0.25) is 0 Å². The fourth-order valence-electron chi connectivity index (χ4n) is 1.83. The summed E-state index contributed by atoms with van der Waals surface area (Å²) in [6, 6.07) is 10.9. The first-order valence-electron chi connectivity index (χ1n) is 6.17. The second-order valence-corrected chi connectivity index (χ2v) is 4.29. The van der Waals surface area contributed by atoms with Gasteiger partial charge >= 0.3 is 5.97 Å². The molecule has 2 rings (SSSR count). The van der Waals surface area contributed by atoms with E-state index in [2.05, 4.69) is 10.3 Å². The Morgan fingerprint density at radius 3 is 2.79 bits per heavy atom. The van der Waals surface area contributed by atoms with Crippen molar-refractivity contribution >= 4 is 5.97 Å². The smallest absolute Gasteiger partial charge is 0.335 e. The third-order valence-corrected chi connectivity index (χ3v) is 2.82.